The fourth-order valence-corrected chi connectivity index (χ4v) is 1.52. The van der Waals surface area contributed by atoms with Gasteiger partial charge in [-0.05, 0) is 22.6 Å². The zero-order valence-electron chi connectivity index (χ0n) is 10.3. The maximum Gasteiger partial charge on any atom is 0.230 e. The number of hydrogen-bond acceptors (Lipinski definition) is 6. The van der Waals surface area contributed by atoms with Crippen molar-refractivity contribution in [2.45, 2.75) is 0 Å². The van der Waals surface area contributed by atoms with Crippen molar-refractivity contribution in [2.24, 2.45) is 0 Å². The minimum atomic E-state index is 0.463. The van der Waals surface area contributed by atoms with E-state index in [1.165, 1.54) is 6.33 Å². The zero-order chi connectivity index (χ0) is 13.1. The first-order chi connectivity index (χ1) is 8.84. The fraction of sp³-hybridized carbons (Fsp3) is 0.636. The predicted octanol–water partition coefficient (Wildman–Crippen LogP) is 1.14. The molecule has 0 amide bonds. The number of rotatable bonds is 10. The van der Waals surface area contributed by atoms with Crippen molar-refractivity contribution in [3.63, 3.8) is 0 Å². The van der Waals surface area contributed by atoms with Gasteiger partial charge in [-0.15, -0.1) is 0 Å². The summed E-state index contributed by atoms with van der Waals surface area (Å²) in [6.45, 7) is 3.28. The summed E-state index contributed by atoms with van der Waals surface area (Å²) in [5, 5.41) is 0. The van der Waals surface area contributed by atoms with Crippen LogP contribution in [-0.4, -0.2) is 56.7 Å². The van der Waals surface area contributed by atoms with Crippen molar-refractivity contribution in [1.82, 2.24) is 9.97 Å². The summed E-state index contributed by atoms with van der Waals surface area (Å²) in [4.78, 5) is 7.89. The van der Waals surface area contributed by atoms with Crippen LogP contribution in [-0.2, 0) is 14.2 Å². The van der Waals surface area contributed by atoms with Gasteiger partial charge in [-0.3, -0.25) is 0 Å². The quantitative estimate of drug-likeness (QED) is 0.456. The molecule has 0 atom stereocenters. The Balaban J connectivity index is 1.94. The summed E-state index contributed by atoms with van der Waals surface area (Å²) in [5.74, 6) is 0.588. The Morgan fingerprint density at radius 1 is 1.06 bits per heavy atom. The first-order valence-electron chi connectivity index (χ1n) is 5.57. The third-order valence-corrected chi connectivity index (χ3v) is 2.64. The normalized spacial score (nSPS) is 10.6. The van der Waals surface area contributed by atoms with Crippen LogP contribution in [0.5, 0.6) is 5.88 Å². The lowest BCUT2D eigenvalue weighted by atomic mass is 10.6. The van der Waals surface area contributed by atoms with E-state index in [-0.39, 0.29) is 0 Å². The molecule has 0 saturated heterocycles. The third-order valence-electron chi connectivity index (χ3n) is 1.90. The Kier molecular flexibility index (Phi) is 9.00. The molecule has 0 aliphatic heterocycles. The summed E-state index contributed by atoms with van der Waals surface area (Å²) < 4.78 is 21.8. The van der Waals surface area contributed by atoms with Crippen molar-refractivity contribution in [3.8, 4) is 5.88 Å². The highest BCUT2D eigenvalue weighted by atomic mass is 127. The summed E-state index contributed by atoms with van der Waals surface area (Å²) in [5.41, 5.74) is 0. The average molecular weight is 368 g/mol. The van der Waals surface area contributed by atoms with E-state index in [0.717, 1.165) is 3.57 Å². The Bertz CT molecular complexity index is 328. The molecule has 6 nitrogen and oxygen atoms in total. The van der Waals surface area contributed by atoms with Crippen LogP contribution in [0.15, 0.2) is 12.5 Å². The van der Waals surface area contributed by atoms with E-state index < -0.39 is 0 Å². The van der Waals surface area contributed by atoms with Gasteiger partial charge >= 0.3 is 0 Å². The molecule has 0 aliphatic rings. The van der Waals surface area contributed by atoms with Gasteiger partial charge in [-0.25, -0.2) is 9.97 Å². The van der Waals surface area contributed by atoms with Crippen LogP contribution in [0.3, 0.4) is 0 Å². The minimum absolute atomic E-state index is 0.463. The van der Waals surface area contributed by atoms with Gasteiger partial charge in [0.25, 0.3) is 0 Å². The monoisotopic (exact) mass is 368 g/mol. The molecule has 0 aromatic carbocycles. The average Bonchev–Trinajstić information content (AvgIpc) is 2.39. The molecule has 0 N–H and O–H groups in total. The van der Waals surface area contributed by atoms with Gasteiger partial charge in [-0.2, -0.15) is 0 Å². The molecule has 0 bridgehead atoms. The Morgan fingerprint density at radius 3 is 2.39 bits per heavy atom. The molecule has 0 saturated carbocycles. The molecule has 0 spiro atoms. The summed E-state index contributed by atoms with van der Waals surface area (Å²) in [7, 11) is 1.64. The van der Waals surface area contributed by atoms with Crippen LogP contribution < -0.4 is 4.74 Å². The molecule has 0 radical (unpaired) electrons. The van der Waals surface area contributed by atoms with Crippen LogP contribution in [0.4, 0.5) is 0 Å². The first-order valence-corrected chi connectivity index (χ1v) is 6.65. The van der Waals surface area contributed by atoms with Gasteiger partial charge in [-0.1, -0.05) is 0 Å². The second-order valence-electron chi connectivity index (χ2n) is 3.24. The maximum absolute atomic E-state index is 5.44. The molecular formula is C11H17IN2O4. The highest BCUT2D eigenvalue weighted by Gasteiger charge is 2.00. The number of ether oxygens (including phenoxy) is 4. The topological polar surface area (TPSA) is 62.7 Å². The number of hydrogen-bond donors (Lipinski definition) is 0. The highest BCUT2D eigenvalue weighted by Crippen LogP contribution is 2.14. The number of nitrogens with zero attached hydrogens (tertiary/aromatic N) is 2. The zero-order valence-corrected chi connectivity index (χ0v) is 12.5. The van der Waals surface area contributed by atoms with Crippen LogP contribution in [0.1, 0.15) is 0 Å². The molecule has 1 aromatic heterocycles. The smallest absolute Gasteiger partial charge is 0.230 e. The van der Waals surface area contributed by atoms with Crippen molar-refractivity contribution in [2.75, 3.05) is 46.8 Å². The van der Waals surface area contributed by atoms with E-state index >= 15 is 0 Å². The standard InChI is InChI=1S/C11H17IN2O4/c1-15-2-3-16-4-5-17-6-7-18-11-10(12)8-13-9-14-11/h8-9H,2-7H2,1H3. The molecule has 1 rings (SSSR count). The number of aromatic nitrogens is 2. The Labute approximate surface area is 120 Å². The number of methoxy groups -OCH3 is 1. The first kappa shape index (κ1) is 15.5. The van der Waals surface area contributed by atoms with Gasteiger partial charge in [0.1, 0.15) is 12.9 Å². The van der Waals surface area contributed by atoms with Crippen LogP contribution >= 0.6 is 22.6 Å². The third kappa shape index (κ3) is 7.04. The molecule has 18 heavy (non-hydrogen) atoms. The number of halogens is 1. The van der Waals surface area contributed by atoms with Crippen molar-refractivity contribution in [3.05, 3.63) is 16.1 Å². The van der Waals surface area contributed by atoms with Gasteiger partial charge in [0.15, 0.2) is 0 Å². The molecule has 0 fully saturated rings. The van der Waals surface area contributed by atoms with Gasteiger partial charge in [0.2, 0.25) is 5.88 Å². The van der Waals surface area contributed by atoms with Crippen molar-refractivity contribution >= 4 is 22.6 Å². The second kappa shape index (κ2) is 10.4. The van der Waals surface area contributed by atoms with E-state index in [1.807, 2.05) is 0 Å². The second-order valence-corrected chi connectivity index (χ2v) is 4.40. The molecule has 0 unspecified atom stereocenters. The molecule has 102 valence electrons. The maximum atomic E-state index is 5.44. The molecule has 1 heterocycles. The van der Waals surface area contributed by atoms with E-state index in [4.69, 9.17) is 18.9 Å². The van der Waals surface area contributed by atoms with E-state index in [9.17, 15) is 0 Å². The lowest BCUT2D eigenvalue weighted by Gasteiger charge is -2.07. The van der Waals surface area contributed by atoms with Crippen molar-refractivity contribution < 1.29 is 18.9 Å². The van der Waals surface area contributed by atoms with Crippen LogP contribution in [0.2, 0.25) is 0 Å². The van der Waals surface area contributed by atoms with Gasteiger partial charge in [0.05, 0.1) is 36.6 Å². The molecule has 0 aliphatic carbocycles. The largest absolute Gasteiger partial charge is 0.474 e. The lowest BCUT2D eigenvalue weighted by molar-refractivity contribution is 0.0176. The summed E-state index contributed by atoms with van der Waals surface area (Å²) in [6.07, 6.45) is 3.16. The fourth-order valence-electron chi connectivity index (χ4n) is 1.07. The molecular weight excluding hydrogens is 351 g/mol. The minimum Gasteiger partial charge on any atom is -0.474 e. The summed E-state index contributed by atoms with van der Waals surface area (Å²) >= 11 is 2.12. The summed E-state index contributed by atoms with van der Waals surface area (Å²) in [6, 6.07) is 0. The Morgan fingerprint density at radius 2 is 1.72 bits per heavy atom. The SMILES string of the molecule is COCCOCCOCCOc1ncncc1I. The van der Waals surface area contributed by atoms with E-state index in [1.54, 1.807) is 13.3 Å². The predicted molar refractivity (Wildman–Crippen MR) is 73.8 cm³/mol. The van der Waals surface area contributed by atoms with E-state index in [2.05, 4.69) is 32.6 Å². The molecule has 1 aromatic rings. The van der Waals surface area contributed by atoms with E-state index in [0.29, 0.717) is 45.5 Å². The lowest BCUT2D eigenvalue weighted by Crippen LogP contribution is -2.13. The molecule has 7 heteroatoms. The van der Waals surface area contributed by atoms with Crippen molar-refractivity contribution in [1.29, 1.82) is 0 Å². The highest BCUT2D eigenvalue weighted by molar-refractivity contribution is 14.1. The van der Waals surface area contributed by atoms with Crippen LogP contribution in [0.25, 0.3) is 0 Å². The van der Waals surface area contributed by atoms with Crippen LogP contribution in [0, 0.1) is 3.57 Å². The Hall–Kier alpha value is -0.510. The van der Waals surface area contributed by atoms with Gasteiger partial charge in [0, 0.05) is 13.3 Å². The van der Waals surface area contributed by atoms with Gasteiger partial charge < -0.3 is 18.9 Å².